The minimum absolute atomic E-state index is 0.0436. The van der Waals surface area contributed by atoms with Crippen LogP contribution in [0.1, 0.15) is 37.5 Å². The number of fused-ring (bicyclic) bond motifs is 1. The predicted octanol–water partition coefficient (Wildman–Crippen LogP) is 2.36. The van der Waals surface area contributed by atoms with Crippen LogP contribution in [0.3, 0.4) is 0 Å². The van der Waals surface area contributed by atoms with Gasteiger partial charge in [0.2, 0.25) is 5.91 Å². The molecule has 2 fully saturated rings. The third kappa shape index (κ3) is 3.70. The van der Waals surface area contributed by atoms with Crippen molar-refractivity contribution in [1.29, 1.82) is 0 Å². The van der Waals surface area contributed by atoms with E-state index in [0.717, 1.165) is 31.5 Å². The van der Waals surface area contributed by atoms with Gasteiger partial charge < -0.3 is 35.9 Å². The zero-order valence-corrected chi connectivity index (χ0v) is 18.1. The number of pyridine rings is 1. The van der Waals surface area contributed by atoms with Gasteiger partial charge in [0, 0.05) is 25.6 Å². The van der Waals surface area contributed by atoms with Crippen LogP contribution in [-0.4, -0.2) is 53.0 Å². The van der Waals surface area contributed by atoms with Gasteiger partial charge >= 0.3 is 0 Å². The van der Waals surface area contributed by atoms with Gasteiger partial charge in [-0.05, 0) is 37.8 Å². The number of nitrogens with zero attached hydrogens (tertiary/aromatic N) is 3. The molecule has 3 heterocycles. The number of hydrogen-bond donors (Lipinski definition) is 5. The number of amides is 1. The fourth-order valence-corrected chi connectivity index (χ4v) is 4.30. The monoisotopic (exact) mass is 440 g/mol. The number of nitrogens with one attached hydrogen (secondary N) is 3. The van der Waals surface area contributed by atoms with Crippen LogP contribution in [0.15, 0.2) is 24.3 Å². The molecule has 10 heteroatoms. The molecule has 0 spiro atoms. The van der Waals surface area contributed by atoms with Gasteiger partial charge in [-0.25, -0.2) is 4.98 Å². The van der Waals surface area contributed by atoms with Crippen molar-refractivity contribution in [3.63, 3.8) is 0 Å². The Morgan fingerprint density at radius 2 is 2.06 bits per heavy atom. The highest BCUT2D eigenvalue weighted by Gasteiger charge is 2.33. The number of aliphatic hydroxyl groups is 2. The summed E-state index contributed by atoms with van der Waals surface area (Å²) in [5.74, 6) is 1.48. The highest BCUT2D eigenvalue weighted by atomic mass is 16.5. The van der Waals surface area contributed by atoms with Crippen LogP contribution < -0.4 is 25.7 Å². The highest BCUT2D eigenvalue weighted by Crippen LogP contribution is 2.44. The topological polar surface area (TPSA) is 122 Å². The lowest BCUT2D eigenvalue weighted by Crippen LogP contribution is -2.29. The zero-order valence-electron chi connectivity index (χ0n) is 18.1. The number of aliphatic hydroxyl groups excluding tert-OH is 2. The number of benzene rings is 1. The fourth-order valence-electron chi connectivity index (χ4n) is 4.30. The maximum Gasteiger partial charge on any atom is 0.228 e. The van der Waals surface area contributed by atoms with E-state index in [2.05, 4.69) is 21.0 Å². The molecule has 170 valence electrons. The van der Waals surface area contributed by atoms with Crippen LogP contribution in [0.5, 0.6) is 5.75 Å². The quantitative estimate of drug-likeness (QED) is 0.461. The van der Waals surface area contributed by atoms with Gasteiger partial charge in [-0.2, -0.15) is 5.01 Å². The number of para-hydroxylation sites is 1. The maximum absolute atomic E-state index is 12.3. The fraction of sp³-hybridized carbons (Fsp3) is 0.455. The number of aromatic nitrogens is 1. The first-order chi connectivity index (χ1) is 15.5. The Morgan fingerprint density at radius 3 is 2.75 bits per heavy atom. The summed E-state index contributed by atoms with van der Waals surface area (Å²) < 4.78 is 5.72. The number of anilines is 5. The minimum atomic E-state index is -0.914. The second kappa shape index (κ2) is 8.12. The average molecular weight is 441 g/mol. The van der Waals surface area contributed by atoms with Crippen molar-refractivity contribution >= 4 is 34.6 Å². The van der Waals surface area contributed by atoms with Crippen molar-refractivity contribution in [2.75, 3.05) is 41.7 Å². The molecule has 2 aromatic rings. The van der Waals surface area contributed by atoms with Crippen molar-refractivity contribution in [2.45, 2.75) is 38.1 Å². The summed E-state index contributed by atoms with van der Waals surface area (Å²) in [6.07, 6.45) is 1.96. The van der Waals surface area contributed by atoms with E-state index in [1.165, 1.54) is 0 Å². The molecule has 3 aliphatic rings. The van der Waals surface area contributed by atoms with E-state index in [0.29, 0.717) is 40.7 Å². The third-order valence-corrected chi connectivity index (χ3v) is 6.16. The van der Waals surface area contributed by atoms with Crippen molar-refractivity contribution < 1.29 is 19.7 Å². The number of ether oxygens (including phenoxy) is 1. The summed E-state index contributed by atoms with van der Waals surface area (Å²) in [7, 11) is 3.31. The average Bonchev–Trinajstić information content (AvgIpc) is 3.48. The molecule has 0 bridgehead atoms. The van der Waals surface area contributed by atoms with E-state index >= 15 is 0 Å². The van der Waals surface area contributed by atoms with Crippen LogP contribution in [-0.2, 0) is 4.79 Å². The minimum Gasteiger partial charge on any atom is -0.492 e. The van der Waals surface area contributed by atoms with Crippen LogP contribution in [0.4, 0.5) is 28.7 Å². The molecule has 1 aromatic carbocycles. The van der Waals surface area contributed by atoms with Crippen LogP contribution in [0.25, 0.3) is 0 Å². The summed E-state index contributed by atoms with van der Waals surface area (Å²) in [5.41, 5.74) is 5.68. The molecule has 10 nitrogen and oxygen atoms in total. The number of hydrogen-bond acceptors (Lipinski definition) is 9. The van der Waals surface area contributed by atoms with Crippen molar-refractivity contribution in [3.05, 3.63) is 29.8 Å². The second-order valence-electron chi connectivity index (χ2n) is 8.48. The maximum atomic E-state index is 12.3. The van der Waals surface area contributed by atoms with E-state index < -0.39 is 12.5 Å². The number of carbonyl (C=O) groups is 1. The first-order valence-corrected chi connectivity index (χ1v) is 10.9. The molecule has 1 aromatic heterocycles. The van der Waals surface area contributed by atoms with Crippen LogP contribution in [0.2, 0.25) is 0 Å². The Hall–Kier alpha value is -3.08. The Kier molecular flexibility index (Phi) is 5.28. The van der Waals surface area contributed by atoms with Gasteiger partial charge in [0.1, 0.15) is 12.0 Å². The lowest BCUT2D eigenvalue weighted by Gasteiger charge is -2.26. The Morgan fingerprint density at radius 1 is 1.25 bits per heavy atom. The van der Waals surface area contributed by atoms with Gasteiger partial charge in [0.05, 0.1) is 29.7 Å². The summed E-state index contributed by atoms with van der Waals surface area (Å²) in [5, 5.41) is 28.8. The van der Waals surface area contributed by atoms with E-state index in [9.17, 15) is 15.0 Å². The molecule has 1 amide bonds. The largest absolute Gasteiger partial charge is 0.492 e. The summed E-state index contributed by atoms with van der Waals surface area (Å²) in [6, 6.07) is 7.41. The molecule has 2 unspecified atom stereocenters. The van der Waals surface area contributed by atoms with Crippen molar-refractivity contribution in [1.82, 2.24) is 9.99 Å². The van der Waals surface area contributed by atoms with E-state index in [4.69, 9.17) is 4.74 Å². The van der Waals surface area contributed by atoms with Gasteiger partial charge in [0.25, 0.3) is 0 Å². The lowest BCUT2D eigenvalue weighted by atomic mass is 10.1. The smallest absolute Gasteiger partial charge is 0.228 e. The normalized spacial score (nSPS) is 22.4. The van der Waals surface area contributed by atoms with E-state index in [-0.39, 0.29) is 11.8 Å². The number of rotatable bonds is 6. The third-order valence-electron chi connectivity index (χ3n) is 6.16. The van der Waals surface area contributed by atoms with E-state index in [1.807, 2.05) is 23.1 Å². The van der Waals surface area contributed by atoms with Crippen LogP contribution >= 0.6 is 0 Å². The van der Waals surface area contributed by atoms with Gasteiger partial charge in [0.15, 0.2) is 17.8 Å². The van der Waals surface area contributed by atoms with Gasteiger partial charge in [-0.15, -0.1) is 0 Å². The number of hydrazine groups is 1. The molecule has 2 atom stereocenters. The van der Waals surface area contributed by atoms with E-state index in [1.54, 1.807) is 25.2 Å². The van der Waals surface area contributed by atoms with Crippen LogP contribution in [0, 0.1) is 5.92 Å². The standard InChI is InChI=1S/C22H28N6O4/c1-27-22(31)18-14(11-16(24-20(18)26-27)25-21(30)12-8-9-12)23-13-5-3-6-15(19(13)32-2)28-10-4-7-17(28)29/h3,5-6,11-12,17,22,29,31H,4,7-10H2,1-2H3,(H3,23,24,25,26,30). The molecule has 1 saturated carbocycles. The van der Waals surface area contributed by atoms with Crippen molar-refractivity contribution in [2.24, 2.45) is 5.92 Å². The molecular formula is C22H28N6O4. The molecule has 0 radical (unpaired) electrons. The Bertz CT molecular complexity index is 1040. The highest BCUT2D eigenvalue weighted by molar-refractivity contribution is 5.94. The Labute approximate surface area is 186 Å². The Balaban J connectivity index is 1.52. The predicted molar refractivity (Wildman–Crippen MR) is 121 cm³/mol. The lowest BCUT2D eigenvalue weighted by molar-refractivity contribution is -0.117. The molecule has 1 aliphatic carbocycles. The molecule has 1 saturated heterocycles. The summed E-state index contributed by atoms with van der Waals surface area (Å²) in [6.45, 7) is 0.746. The molecule has 32 heavy (non-hydrogen) atoms. The number of carbonyl (C=O) groups excluding carboxylic acids is 1. The first-order valence-electron chi connectivity index (χ1n) is 10.9. The molecule has 5 rings (SSSR count). The first kappa shape index (κ1) is 20.8. The molecule has 5 N–H and O–H groups in total. The number of methoxy groups -OCH3 is 1. The summed E-state index contributed by atoms with van der Waals surface area (Å²) >= 11 is 0. The second-order valence-corrected chi connectivity index (χ2v) is 8.48. The molecular weight excluding hydrogens is 412 g/mol. The van der Waals surface area contributed by atoms with Crippen molar-refractivity contribution in [3.8, 4) is 5.75 Å². The van der Waals surface area contributed by atoms with Gasteiger partial charge in [-0.1, -0.05) is 6.07 Å². The summed E-state index contributed by atoms with van der Waals surface area (Å²) in [4.78, 5) is 18.7. The van der Waals surface area contributed by atoms with Gasteiger partial charge in [-0.3, -0.25) is 4.79 Å². The molecule has 2 aliphatic heterocycles. The SMILES string of the molecule is COc1c(Nc2cc(NC(=O)C3CC3)nc3c2C(O)N(C)N3)cccc1N1CCCC1O. The zero-order chi connectivity index (χ0) is 22.4.